The van der Waals surface area contributed by atoms with Crippen molar-refractivity contribution in [1.82, 2.24) is 15.6 Å². The Morgan fingerprint density at radius 3 is 2.48 bits per heavy atom. The van der Waals surface area contributed by atoms with E-state index in [0.717, 1.165) is 10.7 Å². The highest BCUT2D eigenvalue weighted by Crippen LogP contribution is 2.19. The van der Waals surface area contributed by atoms with Crippen molar-refractivity contribution in [1.29, 1.82) is 0 Å². The first-order chi connectivity index (χ1) is 14.9. The van der Waals surface area contributed by atoms with Crippen LogP contribution in [0.5, 0.6) is 0 Å². The minimum absolute atomic E-state index is 0.103. The van der Waals surface area contributed by atoms with Gasteiger partial charge in [-0.25, -0.2) is 14.2 Å². The van der Waals surface area contributed by atoms with Gasteiger partial charge in [-0.3, -0.25) is 4.79 Å². The van der Waals surface area contributed by atoms with E-state index in [9.17, 15) is 14.0 Å². The molecule has 0 saturated heterocycles. The smallest absolute Gasteiger partial charge is 0.319 e. The number of thiazole rings is 1. The Kier molecular flexibility index (Phi) is 7.72. The van der Waals surface area contributed by atoms with Crippen molar-refractivity contribution in [3.8, 4) is 0 Å². The van der Waals surface area contributed by atoms with Gasteiger partial charge in [0.15, 0.2) is 0 Å². The van der Waals surface area contributed by atoms with Crippen LogP contribution in [-0.2, 0) is 13.0 Å². The molecule has 0 saturated carbocycles. The molecule has 0 aliphatic heterocycles. The van der Waals surface area contributed by atoms with Crippen LogP contribution in [0.4, 0.5) is 14.9 Å². The number of aromatic nitrogens is 1. The van der Waals surface area contributed by atoms with E-state index in [1.54, 1.807) is 53.8 Å². The molecule has 0 aliphatic carbocycles. The van der Waals surface area contributed by atoms with Crippen LogP contribution in [0.1, 0.15) is 46.4 Å². The average molecular weight is 441 g/mol. The second-order valence-corrected chi connectivity index (χ2v) is 8.20. The summed E-state index contributed by atoms with van der Waals surface area (Å²) in [6.45, 7) is 4.79. The van der Waals surface area contributed by atoms with Crippen LogP contribution < -0.4 is 16.0 Å². The molecule has 3 aromatic rings. The molecule has 0 spiro atoms. The summed E-state index contributed by atoms with van der Waals surface area (Å²) in [5, 5.41) is 11.3. The van der Waals surface area contributed by atoms with Gasteiger partial charge in [-0.15, -0.1) is 11.3 Å². The van der Waals surface area contributed by atoms with Crippen LogP contribution in [0.3, 0.4) is 0 Å². The Labute approximate surface area is 184 Å². The van der Waals surface area contributed by atoms with Gasteiger partial charge in [0.05, 0.1) is 10.7 Å². The summed E-state index contributed by atoms with van der Waals surface area (Å²) in [6.07, 6.45) is 0.664. The number of benzene rings is 2. The first-order valence-electron chi connectivity index (χ1n) is 10.0. The second kappa shape index (κ2) is 10.7. The molecule has 2 aromatic carbocycles. The van der Waals surface area contributed by atoms with Crippen molar-refractivity contribution < 1.29 is 14.0 Å². The summed E-state index contributed by atoms with van der Waals surface area (Å²) in [7, 11) is 0. The van der Waals surface area contributed by atoms with Crippen LogP contribution in [0, 0.1) is 5.82 Å². The van der Waals surface area contributed by atoms with Gasteiger partial charge in [-0.1, -0.05) is 32.0 Å². The lowest BCUT2D eigenvalue weighted by molar-refractivity contribution is 0.0950. The summed E-state index contributed by atoms with van der Waals surface area (Å²) in [4.78, 5) is 28.9. The predicted molar refractivity (Wildman–Crippen MR) is 121 cm³/mol. The molecule has 31 heavy (non-hydrogen) atoms. The number of rotatable bonds is 8. The van der Waals surface area contributed by atoms with E-state index >= 15 is 0 Å². The summed E-state index contributed by atoms with van der Waals surface area (Å²) in [6, 6.07) is 12.5. The third-order valence-electron chi connectivity index (χ3n) is 4.53. The van der Waals surface area contributed by atoms with E-state index in [1.165, 1.54) is 6.07 Å². The van der Waals surface area contributed by atoms with Crippen molar-refractivity contribution in [2.45, 2.75) is 32.7 Å². The molecule has 0 bridgehead atoms. The Morgan fingerprint density at radius 2 is 1.81 bits per heavy atom. The second-order valence-electron chi connectivity index (χ2n) is 7.31. The lowest BCUT2D eigenvalue weighted by atomic mass is 10.1. The fraction of sp³-hybridized carbons (Fsp3) is 0.261. The molecule has 1 heterocycles. The zero-order valence-electron chi connectivity index (χ0n) is 17.4. The van der Waals surface area contributed by atoms with Crippen molar-refractivity contribution in [3.63, 3.8) is 0 Å². The van der Waals surface area contributed by atoms with E-state index in [-0.39, 0.29) is 24.3 Å². The van der Waals surface area contributed by atoms with Crippen molar-refractivity contribution in [2.24, 2.45) is 0 Å². The average Bonchev–Trinajstić information content (AvgIpc) is 3.23. The highest BCUT2D eigenvalue weighted by atomic mass is 32.1. The largest absolute Gasteiger partial charge is 0.348 e. The number of halogens is 1. The van der Waals surface area contributed by atoms with Crippen molar-refractivity contribution >= 4 is 29.0 Å². The Balaban J connectivity index is 1.43. The van der Waals surface area contributed by atoms with Crippen molar-refractivity contribution in [3.05, 3.63) is 81.6 Å². The molecule has 0 radical (unpaired) electrons. The normalized spacial score (nSPS) is 10.7. The van der Waals surface area contributed by atoms with E-state index in [2.05, 4.69) is 34.8 Å². The molecule has 0 fully saturated rings. The van der Waals surface area contributed by atoms with Gasteiger partial charge < -0.3 is 16.0 Å². The monoisotopic (exact) mass is 440 g/mol. The molecule has 0 aliphatic rings. The zero-order valence-corrected chi connectivity index (χ0v) is 18.3. The fourth-order valence-corrected chi connectivity index (χ4v) is 3.68. The highest BCUT2D eigenvalue weighted by Gasteiger charge is 2.09. The number of hydrogen-bond acceptors (Lipinski definition) is 4. The maximum Gasteiger partial charge on any atom is 0.319 e. The molecule has 1 aromatic heterocycles. The fourth-order valence-electron chi connectivity index (χ4n) is 2.81. The molecule has 0 unspecified atom stereocenters. The standard InChI is InChI=1S/C23H25FN4O2S/c1-15(2)22-27-19(14-31-22)11-12-25-23(30)28-18-9-7-16(8-10-18)21(29)26-13-17-5-3-4-6-20(17)24/h3-10,14-15H,11-13H2,1-2H3,(H,26,29)(H2,25,28,30). The zero-order chi connectivity index (χ0) is 22.2. The van der Waals surface area contributed by atoms with Crippen LogP contribution in [0.15, 0.2) is 53.9 Å². The molecule has 3 amide bonds. The topological polar surface area (TPSA) is 83.1 Å². The Bertz CT molecular complexity index is 1030. The molecule has 6 nitrogen and oxygen atoms in total. The van der Waals surface area contributed by atoms with Gasteiger partial charge in [0, 0.05) is 47.6 Å². The SMILES string of the molecule is CC(C)c1nc(CCNC(=O)Nc2ccc(C(=O)NCc3ccccc3F)cc2)cs1. The number of nitrogens with zero attached hydrogens (tertiary/aromatic N) is 1. The molecule has 3 N–H and O–H groups in total. The van der Waals surface area contributed by atoms with Crippen LogP contribution >= 0.6 is 11.3 Å². The van der Waals surface area contributed by atoms with E-state index in [0.29, 0.717) is 35.7 Å². The molecular weight excluding hydrogens is 415 g/mol. The molecule has 0 atom stereocenters. The number of carbonyl (C=O) groups excluding carboxylic acids is 2. The van der Waals surface area contributed by atoms with E-state index < -0.39 is 0 Å². The number of amides is 3. The van der Waals surface area contributed by atoms with E-state index in [1.807, 2.05) is 5.38 Å². The maximum absolute atomic E-state index is 13.6. The third-order valence-corrected chi connectivity index (χ3v) is 5.73. The lowest BCUT2D eigenvalue weighted by Gasteiger charge is -2.09. The van der Waals surface area contributed by atoms with Gasteiger partial charge in [0.1, 0.15) is 5.82 Å². The maximum atomic E-state index is 13.6. The minimum atomic E-state index is -0.358. The quantitative estimate of drug-likeness (QED) is 0.475. The van der Waals surface area contributed by atoms with Crippen LogP contribution in [0.2, 0.25) is 0 Å². The highest BCUT2D eigenvalue weighted by molar-refractivity contribution is 7.09. The summed E-state index contributed by atoms with van der Waals surface area (Å²) < 4.78 is 13.6. The lowest BCUT2D eigenvalue weighted by Crippen LogP contribution is -2.30. The van der Waals surface area contributed by atoms with Crippen LogP contribution in [0.25, 0.3) is 0 Å². The molecule has 3 rings (SSSR count). The third kappa shape index (κ3) is 6.62. The summed E-state index contributed by atoms with van der Waals surface area (Å²) >= 11 is 1.63. The number of urea groups is 1. The number of anilines is 1. The number of nitrogens with one attached hydrogen (secondary N) is 3. The molecule has 162 valence electrons. The van der Waals surface area contributed by atoms with E-state index in [4.69, 9.17) is 0 Å². The van der Waals surface area contributed by atoms with Gasteiger partial charge in [-0.05, 0) is 30.3 Å². The Hall–Kier alpha value is -3.26. The first kappa shape index (κ1) is 22.4. The van der Waals surface area contributed by atoms with Gasteiger partial charge in [0.2, 0.25) is 0 Å². The van der Waals surface area contributed by atoms with Gasteiger partial charge >= 0.3 is 6.03 Å². The number of carbonyl (C=O) groups is 2. The summed E-state index contributed by atoms with van der Waals surface area (Å²) in [5.74, 6) is -0.272. The Morgan fingerprint density at radius 1 is 1.06 bits per heavy atom. The summed E-state index contributed by atoms with van der Waals surface area (Å²) in [5.41, 5.74) is 2.38. The van der Waals surface area contributed by atoms with Gasteiger partial charge in [-0.2, -0.15) is 0 Å². The number of hydrogen-bond donors (Lipinski definition) is 3. The first-order valence-corrected chi connectivity index (χ1v) is 10.9. The predicted octanol–water partition coefficient (Wildman–Crippen LogP) is 4.70. The van der Waals surface area contributed by atoms with Gasteiger partial charge in [0.25, 0.3) is 5.91 Å². The van der Waals surface area contributed by atoms with Crippen LogP contribution in [-0.4, -0.2) is 23.5 Å². The molecule has 8 heteroatoms. The van der Waals surface area contributed by atoms with Crippen molar-refractivity contribution in [2.75, 3.05) is 11.9 Å². The minimum Gasteiger partial charge on any atom is -0.348 e. The molecular formula is C23H25FN4O2S.